The second kappa shape index (κ2) is 7.93. The molecule has 0 aliphatic heterocycles. The highest BCUT2D eigenvalue weighted by atomic mass is 16.5. The van der Waals surface area contributed by atoms with Gasteiger partial charge in [0.05, 0.1) is 12.2 Å². The molecule has 0 aromatic heterocycles. The van der Waals surface area contributed by atoms with Crippen LogP contribution in [-0.2, 0) is 19.1 Å². The van der Waals surface area contributed by atoms with E-state index in [4.69, 9.17) is 9.47 Å². The lowest BCUT2D eigenvalue weighted by Gasteiger charge is -2.67. The molecule has 0 amide bonds. The number of carbonyl (C=O) groups excluding carboxylic acids is 3. The van der Waals surface area contributed by atoms with Crippen LogP contribution in [0.4, 0.5) is 0 Å². The van der Waals surface area contributed by atoms with Crippen LogP contribution < -0.4 is 0 Å². The molecular formula is C29H38O5. The van der Waals surface area contributed by atoms with Gasteiger partial charge in [-0.05, 0) is 67.4 Å². The summed E-state index contributed by atoms with van der Waals surface area (Å²) in [6.07, 6.45) is 7.05. The van der Waals surface area contributed by atoms with E-state index in [1.165, 1.54) is 6.92 Å². The van der Waals surface area contributed by atoms with E-state index in [0.29, 0.717) is 24.4 Å². The molecule has 5 nitrogen and oxygen atoms in total. The van der Waals surface area contributed by atoms with Crippen molar-refractivity contribution < 1.29 is 23.9 Å². The number of rotatable bonds is 4. The zero-order valence-electron chi connectivity index (χ0n) is 21.0. The summed E-state index contributed by atoms with van der Waals surface area (Å²) in [4.78, 5) is 38.2. The maximum absolute atomic E-state index is 13.2. The monoisotopic (exact) mass is 466 g/mol. The fourth-order valence-electron chi connectivity index (χ4n) is 8.98. The van der Waals surface area contributed by atoms with Crippen LogP contribution in [0.5, 0.6) is 0 Å². The van der Waals surface area contributed by atoms with E-state index >= 15 is 0 Å². The highest BCUT2D eigenvalue weighted by Crippen LogP contribution is 2.75. The fourth-order valence-corrected chi connectivity index (χ4v) is 8.98. The quantitative estimate of drug-likeness (QED) is 0.528. The summed E-state index contributed by atoms with van der Waals surface area (Å²) in [5, 5.41) is 0. The standard InChI is InChI=1S/C29H38O5/c1-19(30)33-18-27(3)11-8-12-28(4)24(27)22(34-25(32)20-9-6-5-7-10-20)15-21-16-23(31)26(2)13-14-29(21,28)17-26/h5-7,9-10,21-22,24H,8,11-18H2,1-4H3/t21-,22+,24-,26-,27-,28-,29-/m0/s1. The Balaban J connectivity index is 1.56. The minimum absolute atomic E-state index is 0.0764. The second-order valence-corrected chi connectivity index (χ2v) is 12.4. The van der Waals surface area contributed by atoms with Crippen LogP contribution in [0.1, 0.15) is 89.4 Å². The second-order valence-electron chi connectivity index (χ2n) is 12.4. The summed E-state index contributed by atoms with van der Waals surface area (Å²) in [6.45, 7) is 8.60. The zero-order valence-corrected chi connectivity index (χ0v) is 21.0. The summed E-state index contributed by atoms with van der Waals surface area (Å²) < 4.78 is 12.0. The summed E-state index contributed by atoms with van der Waals surface area (Å²) in [6, 6.07) is 9.16. The number of ether oxygens (including phenoxy) is 2. The van der Waals surface area contributed by atoms with Gasteiger partial charge in [-0.2, -0.15) is 0 Å². The van der Waals surface area contributed by atoms with E-state index in [2.05, 4.69) is 20.8 Å². The lowest BCUT2D eigenvalue weighted by molar-refractivity contribution is -0.226. The Bertz CT molecular complexity index is 1000. The number of esters is 2. The van der Waals surface area contributed by atoms with Gasteiger partial charge in [0.15, 0.2) is 0 Å². The molecular weight excluding hydrogens is 428 g/mol. The molecule has 0 saturated heterocycles. The third kappa shape index (κ3) is 3.37. The van der Waals surface area contributed by atoms with Crippen LogP contribution in [0.15, 0.2) is 30.3 Å². The largest absolute Gasteiger partial charge is 0.465 e. The summed E-state index contributed by atoms with van der Waals surface area (Å²) in [5.41, 5.74) is 0.0499. The smallest absolute Gasteiger partial charge is 0.338 e. The van der Waals surface area contributed by atoms with Gasteiger partial charge in [-0.25, -0.2) is 4.79 Å². The molecule has 1 spiro atoms. The van der Waals surface area contributed by atoms with E-state index in [9.17, 15) is 14.4 Å². The van der Waals surface area contributed by atoms with Crippen molar-refractivity contribution >= 4 is 17.7 Å². The number of benzene rings is 1. The van der Waals surface area contributed by atoms with Crippen LogP contribution in [0.3, 0.4) is 0 Å². The molecule has 184 valence electrons. The molecule has 1 aromatic carbocycles. The highest BCUT2D eigenvalue weighted by Gasteiger charge is 2.72. The van der Waals surface area contributed by atoms with E-state index in [-0.39, 0.29) is 51.5 Å². The third-order valence-corrected chi connectivity index (χ3v) is 10.5. The average Bonchev–Trinajstić information content (AvgIpc) is 3.12. The first-order valence-corrected chi connectivity index (χ1v) is 13.0. The Labute approximate surface area is 203 Å². The average molecular weight is 467 g/mol. The SMILES string of the molecule is CC(=O)OC[C@]1(C)CCC[C@@]2(C)[C@H]1[C@H](OC(=O)c1ccccc1)C[C@H]1CC(=O)[C@@]3(C)CC[C@]12C3. The number of fused-ring (bicyclic) bond motifs is 2. The predicted molar refractivity (Wildman–Crippen MR) is 128 cm³/mol. The first-order chi connectivity index (χ1) is 16.0. The van der Waals surface area contributed by atoms with E-state index in [0.717, 1.165) is 44.9 Å². The number of hydrogen-bond donors (Lipinski definition) is 0. The van der Waals surface area contributed by atoms with Gasteiger partial charge in [0.1, 0.15) is 11.9 Å². The normalized spacial score (nSPS) is 42.9. The van der Waals surface area contributed by atoms with Gasteiger partial charge in [-0.1, -0.05) is 45.4 Å². The zero-order chi connectivity index (χ0) is 24.4. The number of carbonyl (C=O) groups is 3. The molecule has 0 heterocycles. The molecule has 4 saturated carbocycles. The molecule has 1 aromatic rings. The molecule has 7 atom stereocenters. The van der Waals surface area contributed by atoms with Gasteiger partial charge in [-0.3, -0.25) is 9.59 Å². The molecule has 4 fully saturated rings. The Morgan fingerprint density at radius 3 is 2.47 bits per heavy atom. The van der Waals surface area contributed by atoms with Crippen LogP contribution in [-0.4, -0.2) is 30.4 Å². The number of ketones is 1. The van der Waals surface area contributed by atoms with E-state index in [1.807, 2.05) is 18.2 Å². The molecule has 2 bridgehead atoms. The van der Waals surface area contributed by atoms with Crippen molar-refractivity contribution in [2.75, 3.05) is 6.61 Å². The molecule has 0 unspecified atom stereocenters. The lowest BCUT2D eigenvalue weighted by Crippen LogP contribution is -2.65. The van der Waals surface area contributed by atoms with Gasteiger partial charge in [-0.15, -0.1) is 0 Å². The fraction of sp³-hybridized carbons (Fsp3) is 0.690. The van der Waals surface area contributed by atoms with Gasteiger partial charge < -0.3 is 9.47 Å². The highest BCUT2D eigenvalue weighted by molar-refractivity contribution is 5.89. The Morgan fingerprint density at radius 2 is 1.76 bits per heavy atom. The molecule has 5 rings (SSSR count). The maximum Gasteiger partial charge on any atom is 0.338 e. The van der Waals surface area contributed by atoms with Crippen molar-refractivity contribution in [2.45, 2.75) is 85.2 Å². The third-order valence-electron chi connectivity index (χ3n) is 10.5. The summed E-state index contributed by atoms with van der Waals surface area (Å²) in [5.74, 6) is 0.130. The van der Waals surface area contributed by atoms with Gasteiger partial charge in [0.2, 0.25) is 0 Å². The molecule has 34 heavy (non-hydrogen) atoms. The Hall–Kier alpha value is -2.17. The van der Waals surface area contributed by atoms with Crippen molar-refractivity contribution in [3.8, 4) is 0 Å². The van der Waals surface area contributed by atoms with E-state index in [1.54, 1.807) is 12.1 Å². The van der Waals surface area contributed by atoms with Gasteiger partial charge >= 0.3 is 11.9 Å². The van der Waals surface area contributed by atoms with Gasteiger partial charge in [0, 0.05) is 30.1 Å². The van der Waals surface area contributed by atoms with E-state index < -0.39 is 0 Å². The number of Topliss-reactive ketones (excluding diaryl/α,β-unsaturated/α-hetero) is 1. The lowest BCUT2D eigenvalue weighted by atomic mass is 9.37. The van der Waals surface area contributed by atoms with Gasteiger partial charge in [0.25, 0.3) is 0 Å². The van der Waals surface area contributed by atoms with Crippen molar-refractivity contribution in [1.82, 2.24) is 0 Å². The summed E-state index contributed by atoms with van der Waals surface area (Å²) in [7, 11) is 0. The minimum Gasteiger partial charge on any atom is -0.465 e. The van der Waals surface area contributed by atoms with Crippen LogP contribution >= 0.6 is 0 Å². The topological polar surface area (TPSA) is 69.7 Å². The van der Waals surface area contributed by atoms with Crippen LogP contribution in [0, 0.1) is 33.5 Å². The number of hydrogen-bond acceptors (Lipinski definition) is 5. The molecule has 0 radical (unpaired) electrons. The maximum atomic E-state index is 13.2. The van der Waals surface area contributed by atoms with Crippen molar-refractivity contribution in [1.29, 1.82) is 0 Å². The van der Waals surface area contributed by atoms with Crippen LogP contribution in [0.2, 0.25) is 0 Å². The van der Waals surface area contributed by atoms with Crippen molar-refractivity contribution in [3.63, 3.8) is 0 Å². The van der Waals surface area contributed by atoms with Crippen molar-refractivity contribution in [3.05, 3.63) is 35.9 Å². The first-order valence-electron chi connectivity index (χ1n) is 13.0. The summed E-state index contributed by atoms with van der Waals surface area (Å²) >= 11 is 0. The van der Waals surface area contributed by atoms with Crippen molar-refractivity contribution in [2.24, 2.45) is 33.5 Å². The Morgan fingerprint density at radius 1 is 1.03 bits per heavy atom. The minimum atomic E-state index is -0.303. The predicted octanol–water partition coefficient (Wildman–Crippen LogP) is 5.76. The Kier molecular flexibility index (Phi) is 5.49. The molecule has 5 heteroatoms. The first kappa shape index (κ1) is 23.6. The molecule has 4 aliphatic carbocycles. The molecule has 4 aliphatic rings. The van der Waals surface area contributed by atoms with Crippen LogP contribution in [0.25, 0.3) is 0 Å². The molecule has 0 N–H and O–H groups in total.